The van der Waals surface area contributed by atoms with Gasteiger partial charge in [0.25, 0.3) is 0 Å². The SMILES string of the molecule is CC1CCC[NH2+]C1.[Br-]. The van der Waals surface area contributed by atoms with Crippen molar-refractivity contribution in [3.63, 3.8) is 0 Å². The number of nitrogens with two attached hydrogens (primary N) is 1. The molecule has 8 heavy (non-hydrogen) atoms. The lowest BCUT2D eigenvalue weighted by molar-refractivity contribution is -0.668. The van der Waals surface area contributed by atoms with E-state index in [0.717, 1.165) is 5.92 Å². The van der Waals surface area contributed by atoms with Crippen LogP contribution in [0.2, 0.25) is 0 Å². The molecule has 1 rings (SSSR count). The highest BCUT2D eigenvalue weighted by Gasteiger charge is 2.08. The smallest absolute Gasteiger partial charge is 0.0781 e. The molecule has 0 amide bonds. The second-order valence-electron chi connectivity index (χ2n) is 2.56. The molecule has 50 valence electrons. The van der Waals surface area contributed by atoms with Crippen LogP contribution in [0.3, 0.4) is 0 Å². The van der Waals surface area contributed by atoms with Crippen LogP contribution in [-0.4, -0.2) is 13.1 Å². The van der Waals surface area contributed by atoms with E-state index in [1.54, 1.807) is 0 Å². The predicted molar refractivity (Wildman–Crippen MR) is 30.1 cm³/mol. The summed E-state index contributed by atoms with van der Waals surface area (Å²) >= 11 is 0. The Bertz CT molecular complexity index is 50.5. The highest BCUT2D eigenvalue weighted by atomic mass is 79.9. The largest absolute Gasteiger partial charge is 1.00 e. The van der Waals surface area contributed by atoms with E-state index < -0.39 is 0 Å². The molecule has 0 aromatic heterocycles. The van der Waals surface area contributed by atoms with Crippen LogP contribution < -0.4 is 22.3 Å². The van der Waals surface area contributed by atoms with E-state index in [1.165, 1.54) is 25.9 Å². The van der Waals surface area contributed by atoms with Crippen LogP contribution in [-0.2, 0) is 0 Å². The Balaban J connectivity index is 0.000000490. The van der Waals surface area contributed by atoms with Gasteiger partial charge in [-0.2, -0.15) is 0 Å². The Morgan fingerprint density at radius 3 is 2.50 bits per heavy atom. The van der Waals surface area contributed by atoms with Crippen molar-refractivity contribution in [2.75, 3.05) is 13.1 Å². The van der Waals surface area contributed by atoms with Crippen molar-refractivity contribution in [2.24, 2.45) is 5.92 Å². The van der Waals surface area contributed by atoms with Crippen molar-refractivity contribution >= 4 is 0 Å². The topological polar surface area (TPSA) is 16.6 Å². The van der Waals surface area contributed by atoms with Crippen LogP contribution >= 0.6 is 0 Å². The summed E-state index contributed by atoms with van der Waals surface area (Å²) in [5, 5.41) is 2.41. The van der Waals surface area contributed by atoms with Gasteiger partial charge in [0, 0.05) is 5.92 Å². The van der Waals surface area contributed by atoms with Crippen LogP contribution in [0.5, 0.6) is 0 Å². The molecule has 1 heterocycles. The second kappa shape index (κ2) is 4.33. The van der Waals surface area contributed by atoms with Gasteiger partial charge in [0.2, 0.25) is 0 Å². The summed E-state index contributed by atoms with van der Waals surface area (Å²) < 4.78 is 0. The van der Waals surface area contributed by atoms with E-state index >= 15 is 0 Å². The molecule has 1 fully saturated rings. The fourth-order valence-electron chi connectivity index (χ4n) is 1.13. The van der Waals surface area contributed by atoms with E-state index in [4.69, 9.17) is 0 Å². The van der Waals surface area contributed by atoms with Crippen molar-refractivity contribution in [3.8, 4) is 0 Å². The standard InChI is InChI=1S/C6H13N.BrH/c1-6-3-2-4-7-5-6;/h6-7H,2-5H2,1H3;1H. The lowest BCUT2D eigenvalue weighted by Gasteiger charge is -2.14. The van der Waals surface area contributed by atoms with Gasteiger partial charge in [-0.25, -0.2) is 0 Å². The zero-order chi connectivity index (χ0) is 5.11. The molecule has 0 saturated carbocycles. The highest BCUT2D eigenvalue weighted by Crippen LogP contribution is 2.02. The molecule has 1 unspecified atom stereocenters. The first-order chi connectivity index (χ1) is 3.39. The van der Waals surface area contributed by atoms with E-state index in [0.29, 0.717) is 0 Å². The van der Waals surface area contributed by atoms with Gasteiger partial charge in [-0.15, -0.1) is 0 Å². The number of halogens is 1. The monoisotopic (exact) mass is 179 g/mol. The molecule has 1 aliphatic heterocycles. The number of quaternary nitrogens is 1. The highest BCUT2D eigenvalue weighted by molar-refractivity contribution is 4.51. The molecule has 0 spiro atoms. The zero-order valence-corrected chi connectivity index (χ0v) is 6.95. The van der Waals surface area contributed by atoms with Gasteiger partial charge in [0.05, 0.1) is 13.1 Å². The Labute approximate surface area is 61.6 Å². The van der Waals surface area contributed by atoms with Gasteiger partial charge < -0.3 is 22.3 Å². The molecular formula is C6H14BrN. The Hall–Kier alpha value is 0.440. The maximum absolute atomic E-state index is 2.41. The minimum Gasteiger partial charge on any atom is -1.00 e. The number of piperidine rings is 1. The van der Waals surface area contributed by atoms with Gasteiger partial charge in [-0.1, -0.05) is 6.92 Å². The molecule has 2 N–H and O–H groups in total. The van der Waals surface area contributed by atoms with Crippen LogP contribution in [0.25, 0.3) is 0 Å². The molecule has 0 radical (unpaired) electrons. The van der Waals surface area contributed by atoms with Crippen LogP contribution in [0.1, 0.15) is 19.8 Å². The van der Waals surface area contributed by atoms with Gasteiger partial charge in [-0.05, 0) is 12.8 Å². The second-order valence-corrected chi connectivity index (χ2v) is 2.56. The lowest BCUT2D eigenvalue weighted by Crippen LogP contribution is -3.00. The molecule has 1 atom stereocenters. The Kier molecular flexibility index (Phi) is 4.57. The maximum atomic E-state index is 2.41. The van der Waals surface area contributed by atoms with Gasteiger partial charge in [-0.3, -0.25) is 0 Å². The van der Waals surface area contributed by atoms with Crippen LogP contribution in [0.4, 0.5) is 0 Å². The summed E-state index contributed by atoms with van der Waals surface area (Å²) in [5.74, 6) is 0.980. The maximum Gasteiger partial charge on any atom is 0.0781 e. The van der Waals surface area contributed by atoms with Crippen LogP contribution in [0.15, 0.2) is 0 Å². The van der Waals surface area contributed by atoms with Crippen molar-refractivity contribution in [2.45, 2.75) is 19.8 Å². The minimum atomic E-state index is 0. The van der Waals surface area contributed by atoms with Gasteiger partial charge in [0.15, 0.2) is 0 Å². The molecule has 1 nitrogen and oxygen atoms in total. The summed E-state index contributed by atoms with van der Waals surface area (Å²) in [4.78, 5) is 0. The quantitative estimate of drug-likeness (QED) is 0.409. The normalized spacial score (nSPS) is 28.9. The van der Waals surface area contributed by atoms with Crippen molar-refractivity contribution < 1.29 is 22.3 Å². The zero-order valence-electron chi connectivity index (χ0n) is 5.36. The van der Waals surface area contributed by atoms with Crippen LogP contribution in [0, 0.1) is 5.92 Å². The molecular weight excluding hydrogens is 166 g/mol. The van der Waals surface area contributed by atoms with Gasteiger partial charge >= 0.3 is 0 Å². The summed E-state index contributed by atoms with van der Waals surface area (Å²) in [5.41, 5.74) is 0. The molecule has 0 aliphatic carbocycles. The summed E-state index contributed by atoms with van der Waals surface area (Å²) in [7, 11) is 0. The first kappa shape index (κ1) is 8.44. The van der Waals surface area contributed by atoms with Crippen molar-refractivity contribution in [1.29, 1.82) is 0 Å². The fourth-order valence-corrected chi connectivity index (χ4v) is 1.13. The number of hydrogen-bond acceptors (Lipinski definition) is 0. The lowest BCUT2D eigenvalue weighted by atomic mass is 10.0. The molecule has 0 bridgehead atoms. The van der Waals surface area contributed by atoms with E-state index in [2.05, 4.69) is 12.2 Å². The molecule has 0 aromatic carbocycles. The average molecular weight is 180 g/mol. The Morgan fingerprint density at radius 2 is 2.25 bits per heavy atom. The van der Waals surface area contributed by atoms with Crippen molar-refractivity contribution in [3.05, 3.63) is 0 Å². The number of hydrogen-bond donors (Lipinski definition) is 1. The summed E-state index contributed by atoms with van der Waals surface area (Å²) in [6.45, 7) is 5.06. The number of rotatable bonds is 0. The summed E-state index contributed by atoms with van der Waals surface area (Å²) in [6, 6.07) is 0. The first-order valence-electron chi connectivity index (χ1n) is 3.21. The van der Waals surface area contributed by atoms with E-state index in [1.807, 2.05) is 0 Å². The molecule has 2 heteroatoms. The van der Waals surface area contributed by atoms with Crippen molar-refractivity contribution in [1.82, 2.24) is 0 Å². The summed E-state index contributed by atoms with van der Waals surface area (Å²) in [6.07, 6.45) is 2.89. The molecule has 0 aromatic rings. The first-order valence-corrected chi connectivity index (χ1v) is 3.21. The van der Waals surface area contributed by atoms with Gasteiger partial charge in [0.1, 0.15) is 0 Å². The molecule has 1 aliphatic rings. The third kappa shape index (κ3) is 2.68. The van der Waals surface area contributed by atoms with E-state index in [9.17, 15) is 0 Å². The third-order valence-corrected chi connectivity index (χ3v) is 1.67. The predicted octanol–water partition coefficient (Wildman–Crippen LogP) is -3.02. The van der Waals surface area contributed by atoms with E-state index in [-0.39, 0.29) is 17.0 Å². The third-order valence-electron chi connectivity index (χ3n) is 1.67. The Morgan fingerprint density at radius 1 is 1.50 bits per heavy atom. The minimum absolute atomic E-state index is 0. The molecule has 1 saturated heterocycles. The average Bonchev–Trinajstić information content (AvgIpc) is 1.69. The fraction of sp³-hybridized carbons (Fsp3) is 1.00.